The van der Waals surface area contributed by atoms with Crippen LogP contribution in [0.3, 0.4) is 0 Å². The van der Waals surface area contributed by atoms with Crippen LogP contribution in [0.4, 0.5) is 5.69 Å². The van der Waals surface area contributed by atoms with E-state index in [-0.39, 0.29) is 17.4 Å². The number of fused-ring (bicyclic) bond motifs is 1. The molecule has 0 fully saturated rings. The molecule has 0 saturated carbocycles. The van der Waals surface area contributed by atoms with E-state index in [2.05, 4.69) is 6.07 Å². The van der Waals surface area contributed by atoms with Crippen LogP contribution in [0.5, 0.6) is 0 Å². The fraction of sp³-hybridized carbons (Fsp3) is 0.533. The topological polar surface area (TPSA) is 46.3 Å². The molecule has 98 valence electrons. The van der Waals surface area contributed by atoms with Gasteiger partial charge in [-0.25, -0.2) is 0 Å². The van der Waals surface area contributed by atoms with Gasteiger partial charge in [0.05, 0.1) is 0 Å². The van der Waals surface area contributed by atoms with E-state index >= 15 is 0 Å². The summed E-state index contributed by atoms with van der Waals surface area (Å²) < 4.78 is 0. The van der Waals surface area contributed by atoms with Gasteiger partial charge in [0.1, 0.15) is 0 Å². The van der Waals surface area contributed by atoms with Crippen molar-refractivity contribution >= 4 is 11.6 Å². The molecule has 2 rings (SSSR count). The summed E-state index contributed by atoms with van der Waals surface area (Å²) in [5.74, 6) is 0.174. The summed E-state index contributed by atoms with van der Waals surface area (Å²) in [5, 5.41) is 0. The predicted octanol–water partition coefficient (Wildman–Crippen LogP) is 2.34. The number of benzene rings is 1. The van der Waals surface area contributed by atoms with Crippen LogP contribution in [0.25, 0.3) is 0 Å². The number of nitrogens with two attached hydrogens (primary N) is 1. The van der Waals surface area contributed by atoms with Crippen molar-refractivity contribution in [2.24, 2.45) is 11.1 Å². The third kappa shape index (κ3) is 2.27. The number of amides is 1. The van der Waals surface area contributed by atoms with Gasteiger partial charge in [0, 0.05) is 23.7 Å². The Balaban J connectivity index is 2.37. The summed E-state index contributed by atoms with van der Waals surface area (Å²) in [6.45, 7) is 6.67. The second kappa shape index (κ2) is 4.73. The van der Waals surface area contributed by atoms with Crippen molar-refractivity contribution in [2.75, 3.05) is 11.4 Å². The molecular weight excluding hydrogens is 224 g/mol. The second-order valence-corrected chi connectivity index (χ2v) is 5.75. The molecule has 1 aromatic rings. The van der Waals surface area contributed by atoms with Gasteiger partial charge in [0.25, 0.3) is 0 Å². The van der Waals surface area contributed by atoms with Gasteiger partial charge in [0.2, 0.25) is 5.91 Å². The average molecular weight is 246 g/mol. The van der Waals surface area contributed by atoms with Crippen LogP contribution >= 0.6 is 0 Å². The molecule has 0 saturated heterocycles. The van der Waals surface area contributed by atoms with Crippen molar-refractivity contribution < 1.29 is 4.79 Å². The minimum absolute atomic E-state index is 0.0384. The Bertz CT molecular complexity index is 454. The molecule has 18 heavy (non-hydrogen) atoms. The molecule has 1 atom stereocenters. The highest BCUT2D eigenvalue weighted by Crippen LogP contribution is 2.32. The molecule has 1 heterocycles. The van der Waals surface area contributed by atoms with E-state index in [0.717, 1.165) is 18.5 Å². The largest absolute Gasteiger partial charge is 0.326 e. The first-order valence-electron chi connectivity index (χ1n) is 6.61. The van der Waals surface area contributed by atoms with Gasteiger partial charge in [-0.3, -0.25) is 4.79 Å². The number of carbonyl (C=O) groups excluding carboxylic acids is 1. The number of nitrogens with zero attached hydrogens (tertiary/aromatic N) is 1. The number of rotatable bonds is 2. The van der Waals surface area contributed by atoms with E-state index in [1.807, 2.05) is 43.9 Å². The molecule has 3 heteroatoms. The van der Waals surface area contributed by atoms with Crippen LogP contribution in [-0.4, -0.2) is 18.5 Å². The summed E-state index contributed by atoms with van der Waals surface area (Å²) in [4.78, 5) is 14.5. The van der Waals surface area contributed by atoms with E-state index < -0.39 is 0 Å². The molecular formula is C15H22N2O. The highest BCUT2D eigenvalue weighted by Gasteiger charge is 2.34. The van der Waals surface area contributed by atoms with Gasteiger partial charge in [-0.1, -0.05) is 39.0 Å². The first-order valence-corrected chi connectivity index (χ1v) is 6.61. The highest BCUT2D eigenvalue weighted by molar-refractivity contribution is 5.98. The predicted molar refractivity (Wildman–Crippen MR) is 74.5 cm³/mol. The maximum absolute atomic E-state index is 12.6. The molecule has 0 aliphatic carbocycles. The normalized spacial score (nSPS) is 19.6. The van der Waals surface area contributed by atoms with Crippen LogP contribution in [-0.2, 0) is 11.2 Å². The lowest BCUT2D eigenvalue weighted by Gasteiger charge is -2.37. The summed E-state index contributed by atoms with van der Waals surface area (Å²) >= 11 is 0. The molecule has 0 bridgehead atoms. The van der Waals surface area contributed by atoms with Gasteiger partial charge >= 0.3 is 0 Å². The molecule has 1 aliphatic heterocycles. The minimum atomic E-state index is -0.329. The van der Waals surface area contributed by atoms with Crippen molar-refractivity contribution in [1.29, 1.82) is 0 Å². The maximum Gasteiger partial charge on any atom is 0.232 e. The lowest BCUT2D eigenvalue weighted by atomic mass is 9.86. The van der Waals surface area contributed by atoms with Crippen LogP contribution in [0.15, 0.2) is 24.3 Å². The molecule has 1 amide bonds. The van der Waals surface area contributed by atoms with E-state index in [1.54, 1.807) is 0 Å². The van der Waals surface area contributed by atoms with Gasteiger partial charge < -0.3 is 10.6 Å². The van der Waals surface area contributed by atoms with Crippen molar-refractivity contribution in [3.63, 3.8) is 0 Å². The third-order valence-electron chi connectivity index (χ3n) is 3.89. The van der Waals surface area contributed by atoms with Crippen molar-refractivity contribution in [1.82, 2.24) is 0 Å². The Morgan fingerprint density at radius 1 is 1.44 bits per heavy atom. The summed E-state index contributed by atoms with van der Waals surface area (Å²) in [7, 11) is 0. The smallest absolute Gasteiger partial charge is 0.232 e. The van der Waals surface area contributed by atoms with Crippen molar-refractivity contribution in [3.8, 4) is 0 Å². The summed E-state index contributed by atoms with van der Waals surface area (Å²) in [6.07, 6.45) is 1.69. The molecule has 1 unspecified atom stereocenters. The number of para-hydroxylation sites is 1. The molecule has 1 aliphatic rings. The molecule has 3 nitrogen and oxygen atoms in total. The second-order valence-electron chi connectivity index (χ2n) is 5.75. The lowest BCUT2D eigenvalue weighted by Crippen LogP contribution is -2.50. The fourth-order valence-electron chi connectivity index (χ4n) is 2.34. The van der Waals surface area contributed by atoms with Crippen LogP contribution in [0, 0.1) is 5.41 Å². The van der Waals surface area contributed by atoms with Gasteiger partial charge in [-0.15, -0.1) is 0 Å². The highest BCUT2D eigenvalue weighted by atomic mass is 16.2. The Labute approximate surface area is 109 Å². The zero-order valence-corrected chi connectivity index (χ0v) is 11.4. The van der Waals surface area contributed by atoms with E-state index in [1.165, 1.54) is 5.56 Å². The van der Waals surface area contributed by atoms with Gasteiger partial charge in [-0.2, -0.15) is 0 Å². The minimum Gasteiger partial charge on any atom is -0.326 e. The maximum atomic E-state index is 12.6. The Morgan fingerprint density at radius 2 is 2.11 bits per heavy atom. The van der Waals surface area contributed by atoms with Crippen LogP contribution in [0.2, 0.25) is 0 Å². The zero-order chi connectivity index (χ0) is 13.3. The first kappa shape index (κ1) is 13.1. The monoisotopic (exact) mass is 246 g/mol. The number of anilines is 1. The zero-order valence-electron chi connectivity index (χ0n) is 11.4. The van der Waals surface area contributed by atoms with E-state index in [9.17, 15) is 4.79 Å². The average Bonchev–Trinajstić information content (AvgIpc) is 2.36. The Kier molecular flexibility index (Phi) is 3.44. The molecule has 0 aromatic heterocycles. The fourth-order valence-corrected chi connectivity index (χ4v) is 2.34. The van der Waals surface area contributed by atoms with Crippen molar-refractivity contribution in [2.45, 2.75) is 39.7 Å². The molecule has 1 aromatic carbocycles. The third-order valence-corrected chi connectivity index (χ3v) is 3.89. The molecule has 2 N–H and O–H groups in total. The van der Waals surface area contributed by atoms with E-state index in [4.69, 9.17) is 5.73 Å². The number of hydrogen-bond acceptors (Lipinski definition) is 2. The first-order chi connectivity index (χ1) is 8.45. The molecule has 0 radical (unpaired) electrons. The SMILES string of the molecule is CCC(C)(C)C(=O)N1CC(N)Cc2ccccc21. The summed E-state index contributed by atoms with van der Waals surface area (Å²) in [5.41, 5.74) is 7.95. The standard InChI is InChI=1S/C15H22N2O/c1-4-15(2,3)14(18)17-10-12(16)9-11-7-5-6-8-13(11)17/h5-8,12H,4,9-10,16H2,1-3H3. The number of hydrogen-bond donors (Lipinski definition) is 1. The quantitative estimate of drug-likeness (QED) is 0.870. The Hall–Kier alpha value is -1.35. The Morgan fingerprint density at radius 3 is 2.78 bits per heavy atom. The number of carbonyl (C=O) groups is 1. The van der Waals surface area contributed by atoms with Gasteiger partial charge in [-0.05, 0) is 24.5 Å². The lowest BCUT2D eigenvalue weighted by molar-refractivity contribution is -0.126. The van der Waals surface area contributed by atoms with Crippen LogP contribution < -0.4 is 10.6 Å². The van der Waals surface area contributed by atoms with Crippen molar-refractivity contribution in [3.05, 3.63) is 29.8 Å². The van der Waals surface area contributed by atoms with E-state index in [0.29, 0.717) is 6.54 Å². The van der Waals surface area contributed by atoms with Gasteiger partial charge in [0.15, 0.2) is 0 Å². The summed E-state index contributed by atoms with van der Waals surface area (Å²) in [6, 6.07) is 8.11. The van der Waals surface area contributed by atoms with Crippen LogP contribution in [0.1, 0.15) is 32.8 Å². The molecule has 0 spiro atoms.